The molecule has 0 unspecified atom stereocenters. The Kier molecular flexibility index (Phi) is 25.2. The van der Waals surface area contributed by atoms with E-state index in [0.717, 1.165) is 146 Å². The van der Waals surface area contributed by atoms with Crippen LogP contribution in [-0.4, -0.2) is 122 Å². The highest BCUT2D eigenvalue weighted by Crippen LogP contribution is 2.40. The molecule has 0 saturated carbocycles. The van der Waals surface area contributed by atoms with Crippen molar-refractivity contribution in [2.45, 2.75) is 80.7 Å². The molecule has 19 heteroatoms. The van der Waals surface area contributed by atoms with Crippen molar-refractivity contribution in [2.24, 2.45) is 0 Å². The summed E-state index contributed by atoms with van der Waals surface area (Å²) in [6.45, 7) is 22.7. The topological polar surface area (TPSA) is 156 Å². The smallest absolute Gasteiger partial charge is 0.119 e. The Bertz CT molecular complexity index is 8850. The molecule has 0 spiro atoms. The fourth-order valence-corrected chi connectivity index (χ4v) is 21.0. The van der Waals surface area contributed by atoms with Gasteiger partial charge in [0.1, 0.15) is 11.5 Å². The number of methoxy groups -OCH3 is 1. The first-order valence-corrected chi connectivity index (χ1v) is 49.2. The Morgan fingerprint density at radius 3 is 0.873 bits per heavy atom. The molecule has 0 atom stereocenters. The van der Waals surface area contributed by atoms with E-state index < -0.39 is 0 Å². The molecular weight excluding hydrogens is 1750 g/mol. The summed E-state index contributed by atoms with van der Waals surface area (Å²) < 4.78 is 32.7. The molecule has 10 aromatic heterocycles. The van der Waals surface area contributed by atoms with Crippen molar-refractivity contribution in [3.8, 4) is 96.2 Å². The molecule has 1 aliphatic heterocycles. The first-order valence-electron chi connectivity index (χ1n) is 49.2. The molecule has 1 N–H and O–H groups in total. The third-order valence-corrected chi connectivity index (χ3v) is 27.8. The number of hydrogen-bond acceptors (Lipinski definition) is 9. The van der Waals surface area contributed by atoms with Crippen LogP contribution < -0.4 is 4.74 Å². The average molecular weight is 1860 g/mol. The molecule has 1 saturated heterocycles. The molecule has 25 aromatic rings. The van der Waals surface area contributed by atoms with Crippen LogP contribution in [0, 0.1) is 6.92 Å². The number of nitrogens with zero attached hydrogens (tertiary/aromatic N) is 16. The quantitative estimate of drug-likeness (QED) is 0.0833. The van der Waals surface area contributed by atoms with Crippen LogP contribution in [0.25, 0.3) is 194 Å². The fourth-order valence-electron chi connectivity index (χ4n) is 21.0. The SMILES string of the molecule is CCn1c2ccccc2c2cc(-n3nccc3-c3ccc(CCN4CCOCC4)cc3)ccc21.CCn1c2ccccc2c2cc(-n3nccc3-c3ccc(O)cc3)ccc21.CCn1c2ccccc2c2cc(-n3nccc3-c3cccc(C)c3)ccc21.CCn1c2ccccc2c2cc(-n3nccc3-c3cccc(OC)c3)ccc21.CCn1c2ccccc2c2cc(-n3nccc3-c3ccccc3)ccc21. The average Bonchev–Trinajstić information content (AvgIpc) is 1.61. The van der Waals surface area contributed by atoms with E-state index in [2.05, 4.69) is 409 Å². The Hall–Kier alpha value is -17.1. The zero-order valence-electron chi connectivity index (χ0n) is 80.8. The number of ether oxygens (including phenoxy) is 2. The molecule has 0 amide bonds. The normalized spacial score (nSPS) is 12.2. The van der Waals surface area contributed by atoms with Gasteiger partial charge in [-0.2, -0.15) is 25.5 Å². The maximum absolute atomic E-state index is 9.56. The van der Waals surface area contributed by atoms with Gasteiger partial charge in [-0.25, -0.2) is 23.4 Å². The molecule has 19 nitrogen and oxygen atoms in total. The van der Waals surface area contributed by atoms with Gasteiger partial charge in [0.15, 0.2) is 0 Å². The Morgan fingerprint density at radius 2 is 0.549 bits per heavy atom. The van der Waals surface area contributed by atoms with Gasteiger partial charge in [0, 0.05) is 189 Å². The van der Waals surface area contributed by atoms with Crippen LogP contribution in [0.5, 0.6) is 11.5 Å². The van der Waals surface area contributed by atoms with Gasteiger partial charge in [-0.15, -0.1) is 0 Å². The predicted molar refractivity (Wildman–Crippen MR) is 582 cm³/mol. The summed E-state index contributed by atoms with van der Waals surface area (Å²) in [5, 5.41) is 45.3. The number of aryl methyl sites for hydroxylation is 6. The lowest BCUT2D eigenvalue weighted by Crippen LogP contribution is -2.37. The Balaban J connectivity index is 0.000000102. The number of aromatic nitrogens is 15. The second-order valence-corrected chi connectivity index (χ2v) is 35.9. The molecule has 142 heavy (non-hydrogen) atoms. The summed E-state index contributed by atoms with van der Waals surface area (Å²) in [5.41, 5.74) is 31.6. The largest absolute Gasteiger partial charge is 0.508 e. The minimum atomic E-state index is 0.263. The maximum Gasteiger partial charge on any atom is 0.119 e. The van der Waals surface area contributed by atoms with Crippen molar-refractivity contribution in [1.82, 2.24) is 76.6 Å². The zero-order chi connectivity index (χ0) is 96.3. The van der Waals surface area contributed by atoms with E-state index in [9.17, 15) is 5.11 Å². The molecule has 11 heterocycles. The number of rotatable bonds is 19. The third kappa shape index (κ3) is 17.2. The number of hydrogen-bond donors (Lipinski definition) is 1. The van der Waals surface area contributed by atoms with Crippen molar-refractivity contribution < 1.29 is 14.6 Å². The second kappa shape index (κ2) is 39.8. The lowest BCUT2D eigenvalue weighted by Gasteiger charge is -2.26. The van der Waals surface area contributed by atoms with Crippen molar-refractivity contribution in [3.05, 3.63) is 412 Å². The van der Waals surface area contributed by atoms with Gasteiger partial charge in [0.2, 0.25) is 0 Å². The Morgan fingerprint density at radius 1 is 0.268 bits per heavy atom. The number of aromatic hydroxyl groups is 1. The van der Waals surface area contributed by atoms with Crippen LogP contribution in [0.4, 0.5) is 0 Å². The lowest BCUT2D eigenvalue weighted by molar-refractivity contribution is 0.0384. The number of benzene rings is 15. The van der Waals surface area contributed by atoms with Crippen molar-refractivity contribution >= 4 is 109 Å². The molecule has 700 valence electrons. The van der Waals surface area contributed by atoms with Gasteiger partial charge >= 0.3 is 0 Å². The van der Waals surface area contributed by atoms with Gasteiger partial charge in [-0.1, -0.05) is 181 Å². The van der Waals surface area contributed by atoms with Gasteiger partial charge in [0.05, 0.1) is 108 Å². The summed E-state index contributed by atoms with van der Waals surface area (Å²) in [5.74, 6) is 1.10. The standard InChI is InChI=1S/C29H30N4O.C24H21N3O.C24H21N3.C23H19N3O.C23H19N3/c1-2-32-28-6-4-3-5-25(28)26-21-24(11-12-29(26)32)33-27(13-15-30-33)23-9-7-22(8-10-23)14-16-31-17-19-34-20-18-31;1-3-26-23-10-5-4-9-20(23)21-16-18(11-12-24(21)26)27-22(13-14-25-27)17-7-6-8-19(15-17)28-2;1-3-26-23-10-5-4-9-20(23)21-16-19(11-12-24(21)26)27-22(13-14-25-27)18-8-6-7-17(2)15-18;1-2-25-22-6-4-3-5-19(22)20-15-17(9-12-23(20)25)26-21(13-14-24-26)16-7-10-18(27)11-8-16;1-2-25-22-11-7-6-10-19(22)20-16-18(12-13-23(20)25)26-21(14-15-24-26)17-8-4-3-5-9-17/h3-13,15,21H,2,14,16-20H2,1H3;4-16H,3H2,1-2H3;4-16H,3H2,1-2H3;3-15,27H,2H2,1H3;3-16H,2H2,1H3. The number of phenols is 1. The van der Waals surface area contributed by atoms with Crippen LogP contribution in [0.3, 0.4) is 0 Å². The van der Waals surface area contributed by atoms with E-state index in [1.165, 1.54) is 137 Å². The first-order chi connectivity index (χ1) is 70.0. The van der Waals surface area contributed by atoms with Gasteiger partial charge in [-0.05, 0) is 248 Å². The van der Waals surface area contributed by atoms with Crippen molar-refractivity contribution in [2.75, 3.05) is 40.0 Å². The van der Waals surface area contributed by atoms with Crippen LogP contribution in [0.2, 0.25) is 0 Å². The number of phenolic OH excluding ortho intramolecular Hbond substituents is 1. The minimum absolute atomic E-state index is 0.263. The van der Waals surface area contributed by atoms with Crippen molar-refractivity contribution in [1.29, 1.82) is 0 Å². The van der Waals surface area contributed by atoms with Crippen LogP contribution in [0.15, 0.2) is 401 Å². The fraction of sp³-hybridized carbons (Fsp3) is 0.146. The Labute approximate surface area is 824 Å². The highest BCUT2D eigenvalue weighted by molar-refractivity contribution is 6.13. The predicted octanol–water partition coefficient (Wildman–Crippen LogP) is 28.2. The highest BCUT2D eigenvalue weighted by Gasteiger charge is 2.22. The molecule has 1 aliphatic rings. The third-order valence-electron chi connectivity index (χ3n) is 27.8. The first kappa shape index (κ1) is 90.0. The number of para-hydroxylation sites is 5. The lowest BCUT2D eigenvalue weighted by atomic mass is 10.1. The van der Waals surface area contributed by atoms with E-state index in [1.54, 1.807) is 19.2 Å². The summed E-state index contributed by atoms with van der Waals surface area (Å²) in [7, 11) is 1.69. The van der Waals surface area contributed by atoms with E-state index in [1.807, 2.05) is 98.2 Å². The van der Waals surface area contributed by atoms with Crippen LogP contribution >= 0.6 is 0 Å². The summed E-state index contributed by atoms with van der Waals surface area (Å²) in [4.78, 5) is 2.48. The van der Waals surface area contributed by atoms with E-state index in [0.29, 0.717) is 0 Å². The summed E-state index contributed by atoms with van der Waals surface area (Å²) in [6, 6.07) is 130. The van der Waals surface area contributed by atoms with E-state index in [4.69, 9.17) is 9.47 Å². The van der Waals surface area contributed by atoms with Crippen molar-refractivity contribution in [3.63, 3.8) is 0 Å². The molecule has 0 bridgehead atoms. The molecule has 26 rings (SSSR count). The molecular formula is C123H110N16O3. The number of morpholine rings is 1. The molecule has 15 aromatic carbocycles. The molecule has 0 radical (unpaired) electrons. The highest BCUT2D eigenvalue weighted by atomic mass is 16.5. The maximum atomic E-state index is 9.56. The van der Waals surface area contributed by atoms with Gasteiger partial charge < -0.3 is 37.4 Å². The molecule has 1 fully saturated rings. The minimum Gasteiger partial charge on any atom is -0.508 e. The van der Waals surface area contributed by atoms with E-state index >= 15 is 0 Å². The monoisotopic (exact) mass is 1860 g/mol. The van der Waals surface area contributed by atoms with E-state index in [-0.39, 0.29) is 5.75 Å². The van der Waals surface area contributed by atoms with Crippen LogP contribution in [-0.2, 0) is 43.9 Å². The van der Waals surface area contributed by atoms with Gasteiger partial charge in [0.25, 0.3) is 0 Å². The van der Waals surface area contributed by atoms with Crippen LogP contribution in [0.1, 0.15) is 45.7 Å². The second-order valence-electron chi connectivity index (χ2n) is 35.9. The zero-order valence-corrected chi connectivity index (χ0v) is 80.8. The summed E-state index contributed by atoms with van der Waals surface area (Å²) >= 11 is 0. The number of fused-ring (bicyclic) bond motifs is 15. The summed E-state index contributed by atoms with van der Waals surface area (Å²) in [6.07, 6.45) is 10.3. The molecule has 0 aliphatic carbocycles. The van der Waals surface area contributed by atoms with Gasteiger partial charge in [-0.3, -0.25) is 4.90 Å².